The highest BCUT2D eigenvalue weighted by Gasteiger charge is 2.43. The third-order valence-electron chi connectivity index (χ3n) is 5.39. The molecule has 30 heavy (non-hydrogen) atoms. The van der Waals surface area contributed by atoms with E-state index in [9.17, 15) is 18.8 Å². The van der Waals surface area contributed by atoms with Gasteiger partial charge in [-0.2, -0.15) is 0 Å². The van der Waals surface area contributed by atoms with Gasteiger partial charge in [0.05, 0.1) is 12.4 Å². The van der Waals surface area contributed by atoms with Gasteiger partial charge in [-0.1, -0.05) is 6.08 Å². The van der Waals surface area contributed by atoms with Gasteiger partial charge in [-0.15, -0.1) is 6.58 Å². The van der Waals surface area contributed by atoms with Crippen molar-refractivity contribution in [2.45, 2.75) is 45.6 Å². The summed E-state index contributed by atoms with van der Waals surface area (Å²) in [5, 5.41) is 2.74. The van der Waals surface area contributed by atoms with Gasteiger partial charge in [0.1, 0.15) is 11.7 Å². The number of hydrogen-bond acceptors (Lipinski definition) is 5. The fourth-order valence-electron chi connectivity index (χ4n) is 3.95. The van der Waals surface area contributed by atoms with E-state index >= 15 is 0 Å². The molecule has 2 aromatic rings. The molecule has 3 unspecified atom stereocenters. The Morgan fingerprint density at radius 2 is 1.87 bits per heavy atom. The Bertz CT molecular complexity index is 994. The van der Waals surface area contributed by atoms with Gasteiger partial charge in [-0.25, -0.2) is 14.4 Å². The molecule has 1 aromatic carbocycles. The predicted molar refractivity (Wildman–Crippen MR) is 110 cm³/mol. The molecule has 7 heteroatoms. The van der Waals surface area contributed by atoms with Crippen LogP contribution in [0.3, 0.4) is 0 Å². The van der Waals surface area contributed by atoms with Gasteiger partial charge < -0.3 is 5.32 Å². The second-order valence-corrected chi connectivity index (χ2v) is 7.75. The summed E-state index contributed by atoms with van der Waals surface area (Å²) >= 11 is 0. The van der Waals surface area contributed by atoms with Crippen LogP contribution in [0.5, 0.6) is 0 Å². The first-order valence-electron chi connectivity index (χ1n) is 9.78. The Morgan fingerprint density at radius 1 is 1.27 bits per heavy atom. The number of nitrogens with one attached hydrogen (secondary N) is 1. The fraction of sp³-hybridized carbons (Fsp3) is 0.348. The van der Waals surface area contributed by atoms with Crippen molar-refractivity contribution in [3.63, 3.8) is 0 Å². The van der Waals surface area contributed by atoms with Crippen molar-refractivity contribution < 1.29 is 18.8 Å². The van der Waals surface area contributed by atoms with Gasteiger partial charge in [0, 0.05) is 30.4 Å². The number of hydrogen-bond donors (Lipinski definition) is 1. The highest BCUT2D eigenvalue weighted by Crippen LogP contribution is 2.38. The predicted octanol–water partition coefficient (Wildman–Crippen LogP) is 3.22. The third-order valence-corrected chi connectivity index (χ3v) is 5.39. The summed E-state index contributed by atoms with van der Waals surface area (Å²) < 4.78 is 13.1. The maximum absolute atomic E-state index is 13.1. The summed E-state index contributed by atoms with van der Waals surface area (Å²) in [7, 11) is 0. The summed E-state index contributed by atoms with van der Waals surface area (Å²) in [5.41, 5.74) is 2.87. The van der Waals surface area contributed by atoms with Crippen LogP contribution < -0.4 is 5.32 Å². The minimum Gasteiger partial charge on any atom is -0.350 e. The van der Waals surface area contributed by atoms with Gasteiger partial charge in [-0.3, -0.25) is 14.4 Å². The lowest BCUT2D eigenvalue weighted by atomic mass is 9.86. The first-order valence-corrected chi connectivity index (χ1v) is 9.78. The molecule has 1 N–H and O–H groups in total. The van der Waals surface area contributed by atoms with E-state index in [1.165, 1.54) is 0 Å². The van der Waals surface area contributed by atoms with Crippen LogP contribution in [0, 0.1) is 25.6 Å². The molecule has 0 bridgehead atoms. The minimum atomic E-state index is -0.872. The van der Waals surface area contributed by atoms with Crippen molar-refractivity contribution in [2.75, 3.05) is 0 Å². The number of Topliss-reactive ketones (excluding diaryl/α,β-unsaturated/α-hetero) is 2. The molecule has 1 aliphatic carbocycles. The average molecular weight is 409 g/mol. The number of carbonyl (C=O) groups excluding carboxylic acids is 3. The first kappa shape index (κ1) is 21.5. The van der Waals surface area contributed by atoms with Crippen molar-refractivity contribution in [1.29, 1.82) is 0 Å². The summed E-state index contributed by atoms with van der Waals surface area (Å²) in [5.74, 6) is -2.33. The van der Waals surface area contributed by atoms with Crippen molar-refractivity contribution >= 4 is 17.5 Å². The van der Waals surface area contributed by atoms with E-state index in [1.54, 1.807) is 25.1 Å². The minimum absolute atomic E-state index is 0.0150. The molecule has 0 saturated heterocycles. The Hall–Kier alpha value is -3.22. The number of benzene rings is 1. The van der Waals surface area contributed by atoms with Gasteiger partial charge in [0.15, 0.2) is 17.4 Å². The van der Waals surface area contributed by atoms with Crippen LogP contribution in [0.2, 0.25) is 0 Å². The van der Waals surface area contributed by atoms with E-state index in [-0.39, 0.29) is 36.4 Å². The standard InChI is InChI=1S/C23H24FN3O3/c1-5-14(4)27-19(29)9-15-8-18(28)21(22(15)30)20-12(2)6-16(7-13(20)3)23-25-10-17(24)11-26-23/h5-7,10-11,14-15,21H,1,8-9H2,2-4H3,(H,27,29). The van der Waals surface area contributed by atoms with Crippen LogP contribution >= 0.6 is 0 Å². The van der Waals surface area contributed by atoms with E-state index < -0.39 is 17.7 Å². The Kier molecular flexibility index (Phi) is 6.20. The zero-order valence-corrected chi connectivity index (χ0v) is 17.2. The highest BCUT2D eigenvalue weighted by molar-refractivity contribution is 6.15. The van der Waals surface area contributed by atoms with E-state index in [1.807, 2.05) is 13.8 Å². The molecule has 156 valence electrons. The number of amides is 1. The maximum Gasteiger partial charge on any atom is 0.221 e. The van der Waals surface area contributed by atoms with E-state index in [4.69, 9.17) is 0 Å². The molecule has 1 amide bonds. The molecule has 0 aliphatic heterocycles. The SMILES string of the molecule is C=CC(C)NC(=O)CC1CC(=O)C(c2c(C)cc(-c3ncc(F)cn3)cc2C)C1=O. The van der Waals surface area contributed by atoms with Gasteiger partial charge in [0.2, 0.25) is 5.91 Å². The second kappa shape index (κ2) is 8.65. The molecule has 1 fully saturated rings. The molecular weight excluding hydrogens is 385 g/mol. The smallest absolute Gasteiger partial charge is 0.221 e. The molecule has 0 spiro atoms. The van der Waals surface area contributed by atoms with Crippen LogP contribution in [-0.4, -0.2) is 33.5 Å². The zero-order chi connectivity index (χ0) is 22.0. The molecule has 0 radical (unpaired) electrons. The van der Waals surface area contributed by atoms with Gasteiger partial charge >= 0.3 is 0 Å². The van der Waals surface area contributed by atoms with Crippen LogP contribution in [-0.2, 0) is 14.4 Å². The molecule has 1 aromatic heterocycles. The van der Waals surface area contributed by atoms with Crippen LogP contribution in [0.15, 0.2) is 37.2 Å². The van der Waals surface area contributed by atoms with Crippen LogP contribution in [0.25, 0.3) is 11.4 Å². The highest BCUT2D eigenvalue weighted by atomic mass is 19.1. The molecule has 6 nitrogen and oxygen atoms in total. The number of carbonyl (C=O) groups is 3. The quantitative estimate of drug-likeness (QED) is 0.585. The number of aryl methyl sites for hydroxylation is 2. The lowest BCUT2D eigenvalue weighted by Crippen LogP contribution is -2.33. The van der Waals surface area contributed by atoms with Crippen molar-refractivity contribution in [3.8, 4) is 11.4 Å². The molecule has 1 saturated carbocycles. The summed E-state index contributed by atoms with van der Waals surface area (Å²) in [6.07, 6.45) is 3.82. The number of aromatic nitrogens is 2. The summed E-state index contributed by atoms with van der Waals surface area (Å²) in [6.45, 7) is 9.04. The van der Waals surface area contributed by atoms with E-state index in [2.05, 4.69) is 21.9 Å². The molecule has 1 heterocycles. The van der Waals surface area contributed by atoms with E-state index in [0.717, 1.165) is 23.5 Å². The monoisotopic (exact) mass is 409 g/mol. The Balaban J connectivity index is 1.85. The van der Waals surface area contributed by atoms with Gasteiger partial charge in [0.25, 0.3) is 0 Å². The lowest BCUT2D eigenvalue weighted by Gasteiger charge is -2.17. The lowest BCUT2D eigenvalue weighted by molar-refractivity contribution is -0.128. The Morgan fingerprint density at radius 3 is 2.43 bits per heavy atom. The van der Waals surface area contributed by atoms with Crippen LogP contribution in [0.4, 0.5) is 4.39 Å². The third kappa shape index (κ3) is 4.35. The molecular formula is C23H24FN3O3. The van der Waals surface area contributed by atoms with E-state index in [0.29, 0.717) is 17.0 Å². The summed E-state index contributed by atoms with van der Waals surface area (Å²) in [6, 6.07) is 3.38. The number of halogens is 1. The molecule has 1 aliphatic rings. The Labute approximate surface area is 174 Å². The normalized spacial score (nSPS) is 19.6. The second-order valence-electron chi connectivity index (χ2n) is 7.75. The molecule has 3 rings (SSSR count). The number of rotatable bonds is 6. The van der Waals surface area contributed by atoms with Crippen LogP contribution in [0.1, 0.15) is 42.4 Å². The van der Waals surface area contributed by atoms with Crippen molar-refractivity contribution in [1.82, 2.24) is 15.3 Å². The van der Waals surface area contributed by atoms with Crippen molar-refractivity contribution in [2.24, 2.45) is 5.92 Å². The zero-order valence-electron chi connectivity index (χ0n) is 17.2. The maximum atomic E-state index is 13.1. The molecule has 3 atom stereocenters. The largest absolute Gasteiger partial charge is 0.350 e. The number of nitrogens with zero attached hydrogens (tertiary/aromatic N) is 2. The van der Waals surface area contributed by atoms with Gasteiger partial charge in [-0.05, 0) is 49.6 Å². The average Bonchev–Trinajstić information content (AvgIpc) is 2.95. The first-order chi connectivity index (χ1) is 14.2. The summed E-state index contributed by atoms with van der Waals surface area (Å²) in [4.78, 5) is 45.9. The fourth-order valence-corrected chi connectivity index (χ4v) is 3.95. The van der Waals surface area contributed by atoms with Crippen molar-refractivity contribution in [3.05, 3.63) is 59.7 Å². The number of ketones is 2. The topological polar surface area (TPSA) is 89.0 Å².